The Bertz CT molecular complexity index is 197. The fraction of sp³-hybridized carbons (Fsp3) is 0.571. The maximum absolute atomic E-state index is 5.35. The second kappa shape index (κ2) is 5.16. The molecule has 0 radical (unpaired) electrons. The number of nitrogens with two attached hydrogens (primary N) is 1. The average Bonchev–Trinajstić information content (AvgIpc) is 2.31. The Hall–Kier alpha value is -0.540. The van der Waals surface area contributed by atoms with Crippen LogP contribution in [0, 0.1) is 6.92 Å². The molecule has 3 nitrogen and oxygen atoms in total. The lowest BCUT2D eigenvalue weighted by atomic mass is 10.4. The second-order valence-corrected chi connectivity index (χ2v) is 2.40. The molecule has 2 N–H and O–H groups in total. The van der Waals surface area contributed by atoms with Crippen LogP contribution in [0.2, 0.25) is 0 Å². The van der Waals surface area contributed by atoms with E-state index in [1.807, 2.05) is 19.4 Å². The summed E-state index contributed by atoms with van der Waals surface area (Å²) in [6.07, 6.45) is 4.89. The highest BCUT2D eigenvalue weighted by Gasteiger charge is 1.90. The highest BCUT2D eigenvalue weighted by Crippen LogP contribution is 1.93. The maximum atomic E-state index is 5.35. The van der Waals surface area contributed by atoms with Gasteiger partial charge in [-0.05, 0) is 19.9 Å². The summed E-state index contributed by atoms with van der Waals surface area (Å²) in [5.41, 5.74) is 6.42. The van der Waals surface area contributed by atoms with Gasteiger partial charge < -0.3 is 10.3 Å². The summed E-state index contributed by atoms with van der Waals surface area (Å²) in [4.78, 5) is 4.09. The topological polar surface area (TPSA) is 43.8 Å². The van der Waals surface area contributed by atoms with Crippen molar-refractivity contribution in [3.05, 3.63) is 18.2 Å². The number of nitrogens with zero attached hydrogens (tertiary/aromatic N) is 2. The molecule has 1 rings (SSSR count). The van der Waals surface area contributed by atoms with E-state index >= 15 is 0 Å². The average molecular weight is 176 g/mol. The fourth-order valence-electron chi connectivity index (χ4n) is 0.868. The van der Waals surface area contributed by atoms with E-state index in [1.165, 1.54) is 0 Å². The third kappa shape index (κ3) is 3.39. The smallest absolute Gasteiger partial charge is 0.0949 e. The van der Waals surface area contributed by atoms with Crippen molar-refractivity contribution in [2.24, 2.45) is 5.73 Å². The first-order chi connectivity index (χ1) is 4.83. The Morgan fingerprint density at radius 1 is 1.64 bits per heavy atom. The molecular formula is C7H14ClN3. The molecule has 0 amide bonds. The minimum atomic E-state index is 0. The van der Waals surface area contributed by atoms with Gasteiger partial charge >= 0.3 is 0 Å². The van der Waals surface area contributed by atoms with E-state index < -0.39 is 0 Å². The highest BCUT2D eigenvalue weighted by molar-refractivity contribution is 5.85. The van der Waals surface area contributed by atoms with Crippen LogP contribution in [0.1, 0.15) is 12.1 Å². The van der Waals surface area contributed by atoms with E-state index in [0.29, 0.717) is 0 Å². The van der Waals surface area contributed by atoms with Crippen LogP contribution in [0.25, 0.3) is 0 Å². The molecule has 0 aliphatic heterocycles. The predicted molar refractivity (Wildman–Crippen MR) is 47.9 cm³/mol. The van der Waals surface area contributed by atoms with Crippen molar-refractivity contribution in [3.8, 4) is 0 Å². The van der Waals surface area contributed by atoms with Crippen LogP contribution >= 0.6 is 12.4 Å². The lowest BCUT2D eigenvalue weighted by molar-refractivity contribution is 0.650. The molecule has 0 unspecified atom stereocenters. The SMILES string of the molecule is Cc1cn(CCCN)cn1.Cl. The number of aromatic nitrogens is 2. The zero-order chi connectivity index (χ0) is 7.40. The van der Waals surface area contributed by atoms with Crippen molar-refractivity contribution in [3.63, 3.8) is 0 Å². The largest absolute Gasteiger partial charge is 0.337 e. The number of halogens is 1. The standard InChI is InChI=1S/C7H13N3.ClH/c1-7-5-10(6-9-7)4-2-3-8;/h5-6H,2-4,8H2,1H3;1H. The molecule has 0 bridgehead atoms. The van der Waals surface area contributed by atoms with E-state index in [1.54, 1.807) is 0 Å². The summed E-state index contributed by atoms with van der Waals surface area (Å²) in [6, 6.07) is 0. The highest BCUT2D eigenvalue weighted by atomic mass is 35.5. The van der Waals surface area contributed by atoms with Gasteiger partial charge in [0.05, 0.1) is 12.0 Å². The van der Waals surface area contributed by atoms with Crippen molar-refractivity contribution in [2.75, 3.05) is 6.54 Å². The Labute approximate surface area is 73.0 Å². The van der Waals surface area contributed by atoms with E-state index in [9.17, 15) is 0 Å². The number of imidazole rings is 1. The molecule has 1 aromatic rings. The Morgan fingerprint density at radius 2 is 2.36 bits per heavy atom. The van der Waals surface area contributed by atoms with Gasteiger partial charge in [-0.3, -0.25) is 0 Å². The van der Waals surface area contributed by atoms with Crippen LogP contribution in [0.5, 0.6) is 0 Å². The van der Waals surface area contributed by atoms with Gasteiger partial charge in [0.15, 0.2) is 0 Å². The molecular weight excluding hydrogens is 162 g/mol. The molecule has 0 fully saturated rings. The minimum Gasteiger partial charge on any atom is -0.337 e. The van der Waals surface area contributed by atoms with Crippen LogP contribution in [0.3, 0.4) is 0 Å². The zero-order valence-corrected chi connectivity index (χ0v) is 7.47. The molecule has 0 saturated heterocycles. The third-order valence-electron chi connectivity index (χ3n) is 1.38. The van der Waals surface area contributed by atoms with Crippen LogP contribution in [0.15, 0.2) is 12.5 Å². The molecule has 0 atom stereocenters. The van der Waals surface area contributed by atoms with E-state index in [-0.39, 0.29) is 12.4 Å². The lowest BCUT2D eigenvalue weighted by Crippen LogP contribution is -2.03. The van der Waals surface area contributed by atoms with Crippen molar-refractivity contribution in [1.29, 1.82) is 0 Å². The van der Waals surface area contributed by atoms with Gasteiger partial charge in [-0.1, -0.05) is 0 Å². The summed E-state index contributed by atoms with van der Waals surface area (Å²) in [5, 5.41) is 0. The fourth-order valence-corrected chi connectivity index (χ4v) is 0.868. The quantitative estimate of drug-likeness (QED) is 0.744. The molecule has 11 heavy (non-hydrogen) atoms. The molecule has 0 spiro atoms. The number of rotatable bonds is 3. The van der Waals surface area contributed by atoms with Gasteiger partial charge in [0.2, 0.25) is 0 Å². The second-order valence-electron chi connectivity index (χ2n) is 2.40. The molecule has 0 saturated carbocycles. The summed E-state index contributed by atoms with van der Waals surface area (Å²) < 4.78 is 2.06. The summed E-state index contributed by atoms with van der Waals surface area (Å²) in [5.74, 6) is 0. The molecule has 1 heterocycles. The first-order valence-corrected chi connectivity index (χ1v) is 3.51. The molecule has 0 aliphatic rings. The van der Waals surface area contributed by atoms with Crippen molar-refractivity contribution in [1.82, 2.24) is 9.55 Å². The van der Waals surface area contributed by atoms with Gasteiger partial charge in [0.25, 0.3) is 0 Å². The maximum Gasteiger partial charge on any atom is 0.0949 e. The van der Waals surface area contributed by atoms with Gasteiger partial charge in [0.1, 0.15) is 0 Å². The van der Waals surface area contributed by atoms with Crippen LogP contribution < -0.4 is 5.73 Å². The van der Waals surface area contributed by atoms with Gasteiger partial charge in [-0.2, -0.15) is 0 Å². The number of hydrogen-bond acceptors (Lipinski definition) is 2. The third-order valence-corrected chi connectivity index (χ3v) is 1.38. The summed E-state index contributed by atoms with van der Waals surface area (Å²) >= 11 is 0. The summed E-state index contributed by atoms with van der Waals surface area (Å²) in [7, 11) is 0. The van der Waals surface area contributed by atoms with Crippen LogP contribution in [-0.2, 0) is 6.54 Å². The molecule has 0 aliphatic carbocycles. The Kier molecular flexibility index (Phi) is 4.90. The molecule has 64 valence electrons. The monoisotopic (exact) mass is 175 g/mol. The predicted octanol–water partition coefficient (Wildman–Crippen LogP) is 0.962. The lowest BCUT2D eigenvalue weighted by Gasteiger charge is -1.96. The Morgan fingerprint density at radius 3 is 2.82 bits per heavy atom. The van der Waals surface area contributed by atoms with Crippen molar-refractivity contribution in [2.45, 2.75) is 19.9 Å². The van der Waals surface area contributed by atoms with Gasteiger partial charge in [0, 0.05) is 12.7 Å². The first-order valence-electron chi connectivity index (χ1n) is 3.51. The molecule has 1 aromatic heterocycles. The molecule has 4 heteroatoms. The minimum absolute atomic E-state index is 0. The normalized spacial score (nSPS) is 9.27. The van der Waals surface area contributed by atoms with Crippen LogP contribution in [0.4, 0.5) is 0 Å². The van der Waals surface area contributed by atoms with Gasteiger partial charge in [-0.25, -0.2) is 4.98 Å². The van der Waals surface area contributed by atoms with Gasteiger partial charge in [-0.15, -0.1) is 12.4 Å². The van der Waals surface area contributed by atoms with Crippen molar-refractivity contribution < 1.29 is 0 Å². The first kappa shape index (κ1) is 10.5. The van der Waals surface area contributed by atoms with Crippen molar-refractivity contribution >= 4 is 12.4 Å². The number of hydrogen-bond donors (Lipinski definition) is 1. The summed E-state index contributed by atoms with van der Waals surface area (Å²) in [6.45, 7) is 3.72. The van der Waals surface area contributed by atoms with Crippen LogP contribution in [-0.4, -0.2) is 16.1 Å². The van der Waals surface area contributed by atoms with E-state index in [2.05, 4.69) is 9.55 Å². The Balaban J connectivity index is 0.000001000. The number of aryl methyl sites for hydroxylation is 2. The zero-order valence-electron chi connectivity index (χ0n) is 6.66. The van der Waals surface area contributed by atoms with E-state index in [0.717, 1.165) is 25.2 Å². The molecule has 0 aromatic carbocycles. The van der Waals surface area contributed by atoms with E-state index in [4.69, 9.17) is 5.73 Å².